The molecule has 3 rings (SSSR count). The average molecular weight is 357 g/mol. The second-order valence-electron chi connectivity index (χ2n) is 5.51. The molecule has 0 bridgehead atoms. The number of nitrogens with zero attached hydrogens (tertiary/aromatic N) is 2. The fourth-order valence-electron chi connectivity index (χ4n) is 2.36. The van der Waals surface area contributed by atoms with Crippen LogP contribution in [0, 0.1) is 6.92 Å². The van der Waals surface area contributed by atoms with Crippen molar-refractivity contribution < 1.29 is 9.21 Å². The van der Waals surface area contributed by atoms with Crippen molar-refractivity contribution in [2.45, 2.75) is 19.4 Å². The van der Waals surface area contributed by atoms with E-state index in [0.717, 1.165) is 5.56 Å². The van der Waals surface area contributed by atoms with E-state index >= 15 is 0 Å². The highest BCUT2D eigenvalue weighted by Crippen LogP contribution is 2.18. The van der Waals surface area contributed by atoms with Gasteiger partial charge in [0.2, 0.25) is 11.8 Å². The van der Waals surface area contributed by atoms with Crippen LogP contribution in [0.3, 0.4) is 0 Å². The van der Waals surface area contributed by atoms with Gasteiger partial charge >= 0.3 is 6.03 Å². The van der Waals surface area contributed by atoms with Crippen molar-refractivity contribution >= 4 is 23.3 Å². The van der Waals surface area contributed by atoms with Crippen molar-refractivity contribution in [2.24, 2.45) is 0 Å². The molecule has 0 saturated heterocycles. The van der Waals surface area contributed by atoms with E-state index in [2.05, 4.69) is 20.8 Å². The van der Waals surface area contributed by atoms with E-state index in [9.17, 15) is 4.79 Å². The Kier molecular flexibility index (Phi) is 5.30. The Labute approximate surface area is 150 Å². The molecule has 0 spiro atoms. The molecule has 0 aliphatic rings. The molecule has 1 atom stereocenters. The van der Waals surface area contributed by atoms with Crippen LogP contribution in [0.1, 0.15) is 23.4 Å². The van der Waals surface area contributed by atoms with E-state index in [-0.39, 0.29) is 6.03 Å². The Hall–Kier alpha value is -2.86. The number of rotatable bonds is 5. The first-order chi connectivity index (χ1) is 12.1. The van der Waals surface area contributed by atoms with Gasteiger partial charge in [0.1, 0.15) is 6.04 Å². The maximum atomic E-state index is 12.3. The molecule has 0 saturated carbocycles. The summed E-state index contributed by atoms with van der Waals surface area (Å²) in [6.07, 6.45) is 0.538. The fourth-order valence-corrected chi connectivity index (χ4v) is 2.49. The molecule has 3 aromatic rings. The van der Waals surface area contributed by atoms with Crippen molar-refractivity contribution in [1.29, 1.82) is 0 Å². The summed E-state index contributed by atoms with van der Waals surface area (Å²) in [6, 6.07) is 15.9. The number of aryl methyl sites for hydroxylation is 1. The highest BCUT2D eigenvalue weighted by molar-refractivity contribution is 6.30. The van der Waals surface area contributed by atoms with Crippen molar-refractivity contribution in [2.75, 3.05) is 5.32 Å². The monoisotopic (exact) mass is 356 g/mol. The van der Waals surface area contributed by atoms with Crippen molar-refractivity contribution in [1.82, 2.24) is 15.5 Å². The smallest absolute Gasteiger partial charge is 0.319 e. The largest absolute Gasteiger partial charge is 0.423 e. The molecule has 7 heteroatoms. The molecule has 2 amide bonds. The number of urea groups is 1. The van der Waals surface area contributed by atoms with Crippen molar-refractivity contribution in [3.05, 3.63) is 77.0 Å². The lowest BCUT2D eigenvalue weighted by atomic mass is 10.1. The third kappa shape index (κ3) is 4.81. The lowest BCUT2D eigenvalue weighted by Crippen LogP contribution is -2.34. The summed E-state index contributed by atoms with van der Waals surface area (Å²) in [4.78, 5) is 12.3. The molecule has 0 radical (unpaired) electrons. The number of hydrogen-bond acceptors (Lipinski definition) is 4. The van der Waals surface area contributed by atoms with Gasteiger partial charge < -0.3 is 15.1 Å². The highest BCUT2D eigenvalue weighted by Gasteiger charge is 2.21. The van der Waals surface area contributed by atoms with Gasteiger partial charge in [0.25, 0.3) is 0 Å². The van der Waals surface area contributed by atoms with Gasteiger partial charge in [-0.15, -0.1) is 10.2 Å². The summed E-state index contributed by atoms with van der Waals surface area (Å²) in [5.41, 5.74) is 1.69. The Bertz CT molecular complexity index is 834. The average Bonchev–Trinajstić information content (AvgIpc) is 3.04. The topological polar surface area (TPSA) is 80.0 Å². The molecule has 1 aromatic heterocycles. The third-order valence-corrected chi connectivity index (χ3v) is 3.78. The van der Waals surface area contributed by atoms with Gasteiger partial charge in [-0.25, -0.2) is 4.79 Å². The predicted octanol–water partition coefficient (Wildman–Crippen LogP) is 4.14. The predicted molar refractivity (Wildman–Crippen MR) is 95.5 cm³/mol. The molecule has 1 unspecified atom stereocenters. The molecule has 128 valence electrons. The van der Waals surface area contributed by atoms with Gasteiger partial charge in [0, 0.05) is 24.1 Å². The van der Waals surface area contributed by atoms with Crippen LogP contribution in [0.4, 0.5) is 10.5 Å². The van der Waals surface area contributed by atoms with E-state index in [4.69, 9.17) is 16.0 Å². The van der Waals surface area contributed by atoms with Gasteiger partial charge in [-0.05, 0) is 29.8 Å². The minimum Gasteiger partial charge on any atom is -0.423 e. The van der Waals surface area contributed by atoms with E-state index < -0.39 is 6.04 Å². The minimum absolute atomic E-state index is 0.362. The van der Waals surface area contributed by atoms with Gasteiger partial charge in [0.05, 0.1) is 0 Å². The van der Waals surface area contributed by atoms with Crippen LogP contribution >= 0.6 is 11.6 Å². The third-order valence-electron chi connectivity index (χ3n) is 3.53. The van der Waals surface area contributed by atoms with E-state index in [1.165, 1.54) is 0 Å². The lowest BCUT2D eigenvalue weighted by Gasteiger charge is -2.16. The number of amides is 2. The van der Waals surface area contributed by atoms with Crippen molar-refractivity contribution in [3.63, 3.8) is 0 Å². The van der Waals surface area contributed by atoms with Gasteiger partial charge in [-0.3, -0.25) is 0 Å². The summed E-state index contributed by atoms with van der Waals surface area (Å²) in [6.45, 7) is 1.71. The molecule has 0 fully saturated rings. The minimum atomic E-state index is -0.434. The summed E-state index contributed by atoms with van der Waals surface area (Å²) in [5, 5.41) is 14.1. The number of aromatic nitrogens is 2. The van der Waals surface area contributed by atoms with Crippen LogP contribution in [0.25, 0.3) is 0 Å². The zero-order chi connectivity index (χ0) is 17.6. The summed E-state index contributed by atoms with van der Waals surface area (Å²) < 4.78 is 5.50. The first-order valence-corrected chi connectivity index (χ1v) is 8.15. The van der Waals surface area contributed by atoms with Crippen LogP contribution in [-0.2, 0) is 6.42 Å². The quantitative estimate of drug-likeness (QED) is 0.720. The maximum Gasteiger partial charge on any atom is 0.319 e. The first-order valence-electron chi connectivity index (χ1n) is 7.77. The number of benzene rings is 2. The molecular weight excluding hydrogens is 340 g/mol. The van der Waals surface area contributed by atoms with Crippen LogP contribution in [0.15, 0.2) is 59.0 Å². The molecule has 2 N–H and O–H groups in total. The van der Waals surface area contributed by atoms with Crippen molar-refractivity contribution in [3.8, 4) is 0 Å². The molecular formula is C18H17ClN4O2. The van der Waals surface area contributed by atoms with E-state index in [0.29, 0.717) is 28.9 Å². The summed E-state index contributed by atoms with van der Waals surface area (Å²) in [7, 11) is 0. The Morgan fingerprint density at radius 3 is 2.48 bits per heavy atom. The zero-order valence-corrected chi connectivity index (χ0v) is 14.3. The SMILES string of the molecule is Cc1nnc(C(Cc2ccccc2)NC(=O)Nc2ccc(Cl)cc2)o1. The first kappa shape index (κ1) is 17.0. The normalized spacial score (nSPS) is 11.8. The number of nitrogens with one attached hydrogen (secondary N) is 2. The fraction of sp³-hybridized carbons (Fsp3) is 0.167. The molecule has 25 heavy (non-hydrogen) atoms. The van der Waals surface area contributed by atoms with Gasteiger partial charge in [-0.1, -0.05) is 41.9 Å². The molecule has 2 aromatic carbocycles. The number of hydrogen-bond donors (Lipinski definition) is 2. The van der Waals surface area contributed by atoms with Gasteiger partial charge in [-0.2, -0.15) is 0 Å². The summed E-state index contributed by atoms with van der Waals surface area (Å²) in [5.74, 6) is 0.820. The van der Waals surface area contributed by atoms with Crippen LogP contribution in [-0.4, -0.2) is 16.2 Å². The van der Waals surface area contributed by atoms with E-state index in [1.807, 2.05) is 30.3 Å². The number of carbonyl (C=O) groups is 1. The zero-order valence-electron chi connectivity index (χ0n) is 13.6. The molecule has 0 aliphatic carbocycles. The van der Waals surface area contributed by atoms with Gasteiger partial charge in [0.15, 0.2) is 0 Å². The summed E-state index contributed by atoms with van der Waals surface area (Å²) >= 11 is 5.85. The molecule has 1 heterocycles. The second-order valence-corrected chi connectivity index (χ2v) is 5.94. The number of halogens is 1. The Morgan fingerprint density at radius 1 is 1.12 bits per heavy atom. The van der Waals surface area contributed by atoms with E-state index in [1.54, 1.807) is 31.2 Å². The molecule has 0 aliphatic heterocycles. The maximum absolute atomic E-state index is 12.3. The number of anilines is 1. The van der Waals surface area contributed by atoms with Crippen LogP contribution in [0.5, 0.6) is 0 Å². The Morgan fingerprint density at radius 2 is 1.84 bits per heavy atom. The van der Waals surface area contributed by atoms with Crippen LogP contribution < -0.4 is 10.6 Å². The second kappa shape index (κ2) is 7.81. The highest BCUT2D eigenvalue weighted by atomic mass is 35.5. The Balaban J connectivity index is 1.72. The number of carbonyl (C=O) groups excluding carboxylic acids is 1. The molecule has 6 nitrogen and oxygen atoms in total. The standard InChI is InChI=1S/C18H17ClN4O2/c1-12-22-23-17(25-12)16(11-13-5-3-2-4-6-13)21-18(24)20-15-9-7-14(19)8-10-15/h2-10,16H,11H2,1H3,(H2,20,21,24). The lowest BCUT2D eigenvalue weighted by molar-refractivity contribution is 0.245. The van der Waals surface area contributed by atoms with Crippen LogP contribution in [0.2, 0.25) is 5.02 Å².